The number of fused-ring (bicyclic) bond motifs is 2. The van der Waals surface area contributed by atoms with Crippen LogP contribution in [0.4, 0.5) is 8.78 Å². The first kappa shape index (κ1) is 7.47. The zero-order valence-corrected chi connectivity index (χ0v) is 6.45. The highest BCUT2D eigenvalue weighted by atomic mass is 19.3. The van der Waals surface area contributed by atoms with Crippen molar-refractivity contribution >= 4 is 0 Å². The Morgan fingerprint density at radius 1 is 1.09 bits per heavy atom. The summed E-state index contributed by atoms with van der Waals surface area (Å²) in [5, 5.41) is 3.06. The average molecular weight is 161 g/mol. The van der Waals surface area contributed by atoms with E-state index in [9.17, 15) is 8.78 Å². The zero-order valence-electron chi connectivity index (χ0n) is 6.45. The molecule has 1 heterocycles. The molecule has 0 spiro atoms. The van der Waals surface area contributed by atoms with Gasteiger partial charge in [-0.1, -0.05) is 6.42 Å². The van der Waals surface area contributed by atoms with Crippen LogP contribution >= 0.6 is 0 Å². The van der Waals surface area contributed by atoms with Crippen molar-refractivity contribution in [3.8, 4) is 0 Å². The topological polar surface area (TPSA) is 12.0 Å². The van der Waals surface area contributed by atoms with E-state index in [-0.39, 0.29) is 11.8 Å². The van der Waals surface area contributed by atoms with E-state index in [0.29, 0.717) is 25.9 Å². The summed E-state index contributed by atoms with van der Waals surface area (Å²) in [6.07, 6.45) is 2.40. The van der Waals surface area contributed by atoms with Crippen LogP contribution in [0, 0.1) is 11.8 Å². The van der Waals surface area contributed by atoms with Crippen LogP contribution in [-0.2, 0) is 0 Å². The normalized spacial score (nSPS) is 42.0. The Morgan fingerprint density at radius 2 is 1.64 bits per heavy atom. The van der Waals surface area contributed by atoms with Crippen molar-refractivity contribution in [2.45, 2.75) is 25.2 Å². The third-order valence-electron chi connectivity index (χ3n) is 2.98. The number of nitrogens with one attached hydrogen (secondary N) is 1. The van der Waals surface area contributed by atoms with Gasteiger partial charge in [-0.05, 0) is 12.8 Å². The minimum atomic E-state index is -2.37. The second-order valence-electron chi connectivity index (χ2n) is 3.66. The van der Waals surface area contributed by atoms with E-state index in [0.717, 1.165) is 6.42 Å². The second-order valence-corrected chi connectivity index (χ2v) is 3.66. The van der Waals surface area contributed by atoms with Crippen molar-refractivity contribution in [1.82, 2.24) is 5.32 Å². The summed E-state index contributed by atoms with van der Waals surface area (Å²) in [5.41, 5.74) is 0. The Kier molecular flexibility index (Phi) is 1.63. The molecule has 2 atom stereocenters. The Balaban J connectivity index is 2.17. The zero-order chi connectivity index (χ0) is 7.90. The van der Waals surface area contributed by atoms with E-state index in [2.05, 4.69) is 5.32 Å². The summed E-state index contributed by atoms with van der Waals surface area (Å²) in [6, 6.07) is 0. The molecule has 0 amide bonds. The maximum Gasteiger partial charge on any atom is 0.256 e. The molecular weight excluding hydrogens is 148 g/mol. The molecule has 0 radical (unpaired) electrons. The number of halogens is 2. The van der Waals surface area contributed by atoms with Crippen molar-refractivity contribution in [2.75, 3.05) is 13.1 Å². The lowest BCUT2D eigenvalue weighted by atomic mass is 9.75. The largest absolute Gasteiger partial charge is 0.316 e. The molecule has 64 valence electrons. The molecule has 1 saturated heterocycles. The Labute approximate surface area is 65.2 Å². The molecule has 0 unspecified atom stereocenters. The minimum Gasteiger partial charge on any atom is -0.316 e. The Hall–Kier alpha value is -0.180. The molecule has 0 aromatic rings. The summed E-state index contributed by atoms with van der Waals surface area (Å²) in [5.74, 6) is -3.13. The number of alkyl halides is 2. The van der Waals surface area contributed by atoms with Crippen molar-refractivity contribution in [1.29, 1.82) is 0 Å². The van der Waals surface area contributed by atoms with Gasteiger partial charge in [-0.2, -0.15) is 0 Å². The van der Waals surface area contributed by atoms with Gasteiger partial charge in [0.25, 0.3) is 5.92 Å². The fourth-order valence-corrected chi connectivity index (χ4v) is 2.24. The highest BCUT2D eigenvalue weighted by Crippen LogP contribution is 2.44. The van der Waals surface area contributed by atoms with Crippen LogP contribution in [0.1, 0.15) is 19.3 Å². The average Bonchev–Trinajstić information content (AvgIpc) is 1.82. The number of piperidine rings is 1. The van der Waals surface area contributed by atoms with Crippen molar-refractivity contribution < 1.29 is 8.78 Å². The smallest absolute Gasteiger partial charge is 0.256 e. The van der Waals surface area contributed by atoms with Gasteiger partial charge in [0.2, 0.25) is 0 Å². The second kappa shape index (κ2) is 2.41. The van der Waals surface area contributed by atoms with Gasteiger partial charge in [-0.15, -0.1) is 0 Å². The quantitative estimate of drug-likeness (QED) is 0.569. The summed E-state index contributed by atoms with van der Waals surface area (Å²) in [7, 11) is 0. The standard InChI is InChI=1S/C8H13F2N/c9-8(10)6-2-1-3-7(8)5-11-4-6/h6-7,11H,1-5H2/t6-,7-/m1/s1. The molecule has 2 rings (SSSR count). The van der Waals surface area contributed by atoms with E-state index in [4.69, 9.17) is 0 Å². The van der Waals surface area contributed by atoms with Crippen molar-refractivity contribution in [3.05, 3.63) is 0 Å². The molecule has 1 aliphatic carbocycles. The SMILES string of the molecule is FC1(F)[C@@H]2CCC[C@@H]1CNC2. The highest BCUT2D eigenvalue weighted by Gasteiger charge is 2.50. The van der Waals surface area contributed by atoms with Crippen LogP contribution in [0.2, 0.25) is 0 Å². The van der Waals surface area contributed by atoms with Crippen molar-refractivity contribution in [3.63, 3.8) is 0 Å². The Morgan fingerprint density at radius 3 is 2.09 bits per heavy atom. The van der Waals surface area contributed by atoms with E-state index < -0.39 is 5.92 Å². The van der Waals surface area contributed by atoms with Gasteiger partial charge >= 0.3 is 0 Å². The highest BCUT2D eigenvalue weighted by molar-refractivity contribution is 4.94. The minimum absolute atomic E-state index is 0.380. The van der Waals surface area contributed by atoms with Gasteiger partial charge in [0, 0.05) is 24.9 Å². The summed E-state index contributed by atoms with van der Waals surface area (Å²) < 4.78 is 26.5. The fourth-order valence-electron chi connectivity index (χ4n) is 2.24. The molecule has 1 nitrogen and oxygen atoms in total. The summed E-state index contributed by atoms with van der Waals surface area (Å²) in [6.45, 7) is 1.03. The van der Waals surface area contributed by atoms with Gasteiger partial charge in [-0.25, -0.2) is 8.78 Å². The van der Waals surface area contributed by atoms with E-state index in [1.54, 1.807) is 0 Å². The van der Waals surface area contributed by atoms with E-state index in [1.807, 2.05) is 0 Å². The molecule has 1 saturated carbocycles. The molecule has 2 aliphatic rings. The van der Waals surface area contributed by atoms with Gasteiger partial charge in [0.1, 0.15) is 0 Å². The molecule has 1 N–H and O–H groups in total. The van der Waals surface area contributed by atoms with Crippen LogP contribution in [0.5, 0.6) is 0 Å². The number of hydrogen-bond donors (Lipinski definition) is 1. The monoisotopic (exact) mass is 161 g/mol. The molecule has 2 bridgehead atoms. The first-order valence-electron chi connectivity index (χ1n) is 4.30. The van der Waals surface area contributed by atoms with Crippen LogP contribution < -0.4 is 5.32 Å². The maximum absolute atomic E-state index is 13.3. The lowest BCUT2D eigenvalue weighted by Crippen LogP contribution is -2.53. The Bertz CT molecular complexity index is 134. The number of hydrogen-bond acceptors (Lipinski definition) is 1. The van der Waals surface area contributed by atoms with Gasteiger partial charge in [0.15, 0.2) is 0 Å². The molecule has 0 aromatic heterocycles. The lowest BCUT2D eigenvalue weighted by Gasteiger charge is -2.42. The third-order valence-corrected chi connectivity index (χ3v) is 2.98. The van der Waals surface area contributed by atoms with Crippen LogP contribution in [0.15, 0.2) is 0 Å². The third kappa shape index (κ3) is 1.06. The van der Waals surface area contributed by atoms with Gasteiger partial charge < -0.3 is 5.32 Å². The number of rotatable bonds is 0. The predicted octanol–water partition coefficient (Wildman–Crippen LogP) is 1.64. The molecule has 2 fully saturated rings. The molecule has 3 heteroatoms. The van der Waals surface area contributed by atoms with Crippen LogP contribution in [-0.4, -0.2) is 19.0 Å². The maximum atomic E-state index is 13.3. The summed E-state index contributed by atoms with van der Waals surface area (Å²) in [4.78, 5) is 0. The van der Waals surface area contributed by atoms with E-state index in [1.165, 1.54) is 0 Å². The lowest BCUT2D eigenvalue weighted by molar-refractivity contribution is -0.144. The van der Waals surface area contributed by atoms with Crippen LogP contribution in [0.25, 0.3) is 0 Å². The van der Waals surface area contributed by atoms with Gasteiger partial charge in [0.05, 0.1) is 0 Å². The van der Waals surface area contributed by atoms with Crippen molar-refractivity contribution in [2.24, 2.45) is 11.8 Å². The first-order chi connectivity index (χ1) is 5.21. The predicted molar refractivity (Wildman–Crippen MR) is 38.6 cm³/mol. The van der Waals surface area contributed by atoms with Crippen LogP contribution in [0.3, 0.4) is 0 Å². The molecule has 0 aromatic carbocycles. The van der Waals surface area contributed by atoms with Gasteiger partial charge in [-0.3, -0.25) is 0 Å². The fraction of sp³-hybridized carbons (Fsp3) is 1.00. The summed E-state index contributed by atoms with van der Waals surface area (Å²) >= 11 is 0. The first-order valence-corrected chi connectivity index (χ1v) is 4.30. The molecule has 1 aliphatic heterocycles. The molecule has 11 heavy (non-hydrogen) atoms. The van der Waals surface area contributed by atoms with E-state index >= 15 is 0 Å². The molecular formula is C8H13F2N.